The van der Waals surface area contributed by atoms with Crippen LogP contribution in [0, 0.1) is 0 Å². The molecule has 0 unspecified atom stereocenters. The molecule has 0 aliphatic heterocycles. The van der Waals surface area contributed by atoms with Gasteiger partial charge < -0.3 is 10.1 Å². The molecule has 0 atom stereocenters. The van der Waals surface area contributed by atoms with E-state index in [1.54, 1.807) is 13.3 Å². The van der Waals surface area contributed by atoms with Crippen molar-refractivity contribution < 1.29 is 9.53 Å². The van der Waals surface area contributed by atoms with Crippen LogP contribution in [0.15, 0.2) is 42.6 Å². The SMILES string of the molecule is CCCCCCC(C)(C)c1cc(C(=O)NCCc2ccccn2)ccc1OC. The minimum absolute atomic E-state index is 0.0384. The Balaban J connectivity index is 2.04. The van der Waals surface area contributed by atoms with Crippen LogP contribution in [0.1, 0.15) is 74.5 Å². The number of carbonyl (C=O) groups is 1. The molecule has 0 saturated carbocycles. The minimum atomic E-state index is -0.0541. The fourth-order valence-corrected chi connectivity index (χ4v) is 3.46. The van der Waals surface area contributed by atoms with Crippen molar-refractivity contribution >= 4 is 5.91 Å². The van der Waals surface area contributed by atoms with Gasteiger partial charge in [0.15, 0.2) is 0 Å². The molecule has 0 aliphatic rings. The first-order chi connectivity index (χ1) is 13.5. The van der Waals surface area contributed by atoms with Gasteiger partial charge in [0.1, 0.15) is 5.75 Å². The molecule has 4 heteroatoms. The maximum atomic E-state index is 12.6. The second kappa shape index (κ2) is 10.8. The van der Waals surface area contributed by atoms with Crippen LogP contribution >= 0.6 is 0 Å². The van der Waals surface area contributed by atoms with Crippen LogP contribution in [0.5, 0.6) is 5.75 Å². The number of hydrogen-bond donors (Lipinski definition) is 1. The third kappa shape index (κ3) is 6.36. The fourth-order valence-electron chi connectivity index (χ4n) is 3.46. The van der Waals surface area contributed by atoms with Crippen LogP contribution in [0.4, 0.5) is 0 Å². The first kappa shape index (κ1) is 21.9. The van der Waals surface area contributed by atoms with Crippen molar-refractivity contribution in [2.45, 2.75) is 64.7 Å². The summed E-state index contributed by atoms with van der Waals surface area (Å²) in [6.45, 7) is 7.26. The molecular formula is C24H34N2O2. The number of amides is 1. The molecule has 2 rings (SSSR count). The number of aromatic nitrogens is 1. The maximum Gasteiger partial charge on any atom is 0.251 e. The zero-order valence-electron chi connectivity index (χ0n) is 17.8. The average Bonchev–Trinajstić information content (AvgIpc) is 2.71. The highest BCUT2D eigenvalue weighted by Crippen LogP contribution is 2.36. The predicted molar refractivity (Wildman–Crippen MR) is 115 cm³/mol. The fraction of sp³-hybridized carbons (Fsp3) is 0.500. The summed E-state index contributed by atoms with van der Waals surface area (Å²) in [5, 5.41) is 3.00. The quantitative estimate of drug-likeness (QED) is 0.536. The molecule has 1 aromatic heterocycles. The van der Waals surface area contributed by atoms with Gasteiger partial charge in [-0.2, -0.15) is 0 Å². The molecule has 1 amide bonds. The van der Waals surface area contributed by atoms with Gasteiger partial charge in [-0.05, 0) is 42.2 Å². The van der Waals surface area contributed by atoms with Gasteiger partial charge in [0.25, 0.3) is 5.91 Å². The molecule has 0 radical (unpaired) electrons. The average molecular weight is 383 g/mol. The number of unbranched alkanes of at least 4 members (excludes halogenated alkanes) is 3. The number of benzene rings is 1. The Morgan fingerprint density at radius 1 is 1.14 bits per heavy atom. The van der Waals surface area contributed by atoms with Gasteiger partial charge in [-0.15, -0.1) is 0 Å². The number of methoxy groups -OCH3 is 1. The summed E-state index contributed by atoms with van der Waals surface area (Å²) < 4.78 is 5.59. The summed E-state index contributed by atoms with van der Waals surface area (Å²) in [5.41, 5.74) is 2.72. The third-order valence-corrected chi connectivity index (χ3v) is 5.24. The lowest BCUT2D eigenvalue weighted by Gasteiger charge is -2.28. The van der Waals surface area contributed by atoms with E-state index >= 15 is 0 Å². The van der Waals surface area contributed by atoms with Crippen LogP contribution in [0.25, 0.3) is 0 Å². The molecule has 0 bridgehead atoms. The van der Waals surface area contributed by atoms with E-state index in [-0.39, 0.29) is 11.3 Å². The first-order valence-corrected chi connectivity index (χ1v) is 10.3. The van der Waals surface area contributed by atoms with Crippen LogP contribution in [-0.4, -0.2) is 24.5 Å². The highest BCUT2D eigenvalue weighted by atomic mass is 16.5. The summed E-state index contributed by atoms with van der Waals surface area (Å²) in [7, 11) is 1.69. The molecule has 1 heterocycles. The summed E-state index contributed by atoms with van der Waals surface area (Å²) in [6, 6.07) is 11.6. The maximum absolute atomic E-state index is 12.6. The van der Waals surface area contributed by atoms with Crippen LogP contribution in [0.3, 0.4) is 0 Å². The van der Waals surface area contributed by atoms with Crippen molar-refractivity contribution in [1.29, 1.82) is 0 Å². The number of pyridine rings is 1. The Bertz CT molecular complexity index is 742. The van der Waals surface area contributed by atoms with E-state index in [2.05, 4.69) is 31.1 Å². The van der Waals surface area contributed by atoms with Gasteiger partial charge in [-0.3, -0.25) is 9.78 Å². The van der Waals surface area contributed by atoms with E-state index in [1.807, 2.05) is 36.4 Å². The van der Waals surface area contributed by atoms with Crippen LogP contribution in [0.2, 0.25) is 0 Å². The number of rotatable bonds is 11. The normalized spacial score (nSPS) is 11.3. The molecule has 1 N–H and O–H groups in total. The number of carbonyl (C=O) groups excluding carboxylic acids is 1. The Morgan fingerprint density at radius 3 is 2.64 bits per heavy atom. The lowest BCUT2D eigenvalue weighted by Crippen LogP contribution is -2.27. The zero-order valence-corrected chi connectivity index (χ0v) is 17.8. The monoisotopic (exact) mass is 382 g/mol. The molecule has 0 saturated heterocycles. The zero-order chi connectivity index (χ0) is 20.4. The van der Waals surface area contributed by atoms with Crippen molar-refractivity contribution in [3.05, 3.63) is 59.4 Å². The molecule has 0 aliphatic carbocycles. The van der Waals surface area contributed by atoms with E-state index in [0.717, 1.165) is 29.8 Å². The number of ether oxygens (including phenoxy) is 1. The Labute approximate surface area is 169 Å². The second-order valence-electron chi connectivity index (χ2n) is 7.94. The largest absolute Gasteiger partial charge is 0.496 e. The molecule has 0 spiro atoms. The van der Waals surface area contributed by atoms with Crippen molar-refractivity contribution in [1.82, 2.24) is 10.3 Å². The summed E-state index contributed by atoms with van der Waals surface area (Å²) in [6.07, 6.45) is 8.51. The van der Waals surface area contributed by atoms with E-state index in [4.69, 9.17) is 4.74 Å². The molecular weight excluding hydrogens is 348 g/mol. The van der Waals surface area contributed by atoms with Gasteiger partial charge in [0.2, 0.25) is 0 Å². The topological polar surface area (TPSA) is 51.2 Å². The summed E-state index contributed by atoms with van der Waals surface area (Å²) in [5.74, 6) is 0.798. The minimum Gasteiger partial charge on any atom is -0.496 e. The highest BCUT2D eigenvalue weighted by molar-refractivity contribution is 5.94. The second-order valence-corrected chi connectivity index (χ2v) is 7.94. The molecule has 4 nitrogen and oxygen atoms in total. The van der Waals surface area contributed by atoms with Crippen LogP contribution < -0.4 is 10.1 Å². The molecule has 1 aromatic carbocycles. The van der Waals surface area contributed by atoms with Crippen molar-refractivity contribution in [3.63, 3.8) is 0 Å². The van der Waals surface area contributed by atoms with E-state index in [1.165, 1.54) is 25.7 Å². The number of hydrogen-bond acceptors (Lipinski definition) is 3. The van der Waals surface area contributed by atoms with Gasteiger partial charge in [0.05, 0.1) is 7.11 Å². The van der Waals surface area contributed by atoms with Gasteiger partial charge in [-0.1, -0.05) is 52.5 Å². The predicted octanol–water partition coefficient (Wildman–Crippen LogP) is 5.31. The third-order valence-electron chi connectivity index (χ3n) is 5.24. The van der Waals surface area contributed by atoms with E-state index < -0.39 is 0 Å². The van der Waals surface area contributed by atoms with Crippen molar-refractivity contribution in [2.75, 3.05) is 13.7 Å². The van der Waals surface area contributed by atoms with Crippen LogP contribution in [-0.2, 0) is 11.8 Å². The summed E-state index contributed by atoms with van der Waals surface area (Å²) >= 11 is 0. The first-order valence-electron chi connectivity index (χ1n) is 10.3. The number of nitrogens with zero attached hydrogens (tertiary/aromatic N) is 1. The molecule has 152 valence electrons. The Hall–Kier alpha value is -2.36. The summed E-state index contributed by atoms with van der Waals surface area (Å²) in [4.78, 5) is 16.9. The van der Waals surface area contributed by atoms with Gasteiger partial charge >= 0.3 is 0 Å². The van der Waals surface area contributed by atoms with Crippen molar-refractivity contribution in [3.8, 4) is 5.75 Å². The van der Waals surface area contributed by atoms with E-state index in [9.17, 15) is 4.79 Å². The lowest BCUT2D eigenvalue weighted by molar-refractivity contribution is 0.0954. The smallest absolute Gasteiger partial charge is 0.251 e. The van der Waals surface area contributed by atoms with Gasteiger partial charge in [0, 0.05) is 36.0 Å². The molecule has 0 fully saturated rings. The van der Waals surface area contributed by atoms with E-state index in [0.29, 0.717) is 12.1 Å². The highest BCUT2D eigenvalue weighted by Gasteiger charge is 2.25. The molecule has 2 aromatic rings. The lowest BCUT2D eigenvalue weighted by atomic mass is 9.78. The van der Waals surface area contributed by atoms with Crippen molar-refractivity contribution in [2.24, 2.45) is 0 Å². The molecule has 28 heavy (non-hydrogen) atoms. The standard InChI is InChI=1S/C24H34N2O2/c1-5-6-7-9-15-24(2,3)21-18-19(12-13-22(21)28-4)23(27)26-17-14-20-11-8-10-16-25-20/h8,10-13,16,18H,5-7,9,14-15,17H2,1-4H3,(H,26,27). The Kier molecular flexibility index (Phi) is 8.49. The number of nitrogens with one attached hydrogen (secondary N) is 1. The van der Waals surface area contributed by atoms with Gasteiger partial charge in [-0.25, -0.2) is 0 Å². The Morgan fingerprint density at radius 2 is 1.96 bits per heavy atom.